The molecule has 0 saturated carbocycles. The lowest BCUT2D eigenvalue weighted by Gasteiger charge is -2.09. The van der Waals surface area contributed by atoms with E-state index in [-0.39, 0.29) is 0 Å². The van der Waals surface area contributed by atoms with Gasteiger partial charge in [0.25, 0.3) is 0 Å². The number of benzene rings is 1. The maximum absolute atomic E-state index is 9.44. The van der Waals surface area contributed by atoms with Crippen molar-refractivity contribution in [3.63, 3.8) is 0 Å². The Labute approximate surface area is 72.8 Å². The van der Waals surface area contributed by atoms with Crippen LogP contribution in [0.4, 0.5) is 0 Å². The first kappa shape index (κ1) is 8.91. The van der Waals surface area contributed by atoms with E-state index in [1.165, 1.54) is 0 Å². The molecule has 1 aromatic carbocycles. The zero-order chi connectivity index (χ0) is 8.97. The van der Waals surface area contributed by atoms with E-state index in [1.807, 2.05) is 19.9 Å². The van der Waals surface area contributed by atoms with Crippen LogP contribution >= 0.6 is 0 Å². The van der Waals surface area contributed by atoms with Gasteiger partial charge in [-0.1, -0.05) is 13.0 Å². The standard InChI is InChI=1S/C10H14O2/c1-3-8-9(11)6-5-7-10(8)12-4-2/h5-7,11H,3-4H2,1-2H3. The molecule has 0 radical (unpaired) electrons. The zero-order valence-electron chi connectivity index (χ0n) is 7.50. The third kappa shape index (κ3) is 1.70. The van der Waals surface area contributed by atoms with Gasteiger partial charge in [-0.05, 0) is 25.5 Å². The Morgan fingerprint density at radius 1 is 1.33 bits per heavy atom. The number of ether oxygens (including phenoxy) is 1. The predicted molar refractivity (Wildman–Crippen MR) is 48.7 cm³/mol. The average molecular weight is 166 g/mol. The maximum Gasteiger partial charge on any atom is 0.126 e. The van der Waals surface area contributed by atoms with Gasteiger partial charge in [-0.3, -0.25) is 0 Å². The first-order valence-corrected chi connectivity index (χ1v) is 4.23. The van der Waals surface area contributed by atoms with E-state index >= 15 is 0 Å². The number of rotatable bonds is 3. The molecule has 2 nitrogen and oxygen atoms in total. The van der Waals surface area contributed by atoms with Crippen LogP contribution in [0.2, 0.25) is 0 Å². The Hall–Kier alpha value is -1.18. The lowest BCUT2D eigenvalue weighted by Crippen LogP contribution is -1.95. The van der Waals surface area contributed by atoms with Crippen LogP contribution in [-0.4, -0.2) is 11.7 Å². The Bertz CT molecular complexity index is 256. The molecule has 0 bridgehead atoms. The van der Waals surface area contributed by atoms with Gasteiger partial charge in [-0.15, -0.1) is 0 Å². The lowest BCUT2D eigenvalue weighted by atomic mass is 10.1. The highest BCUT2D eigenvalue weighted by atomic mass is 16.5. The molecule has 0 spiro atoms. The average Bonchev–Trinajstić information content (AvgIpc) is 2.05. The summed E-state index contributed by atoms with van der Waals surface area (Å²) in [5.41, 5.74) is 0.888. The molecule has 1 aromatic rings. The van der Waals surface area contributed by atoms with E-state index in [1.54, 1.807) is 12.1 Å². The second-order valence-electron chi connectivity index (χ2n) is 2.54. The number of hydrogen-bond acceptors (Lipinski definition) is 2. The summed E-state index contributed by atoms with van der Waals surface area (Å²) in [6.45, 7) is 4.57. The molecule has 0 fully saturated rings. The molecule has 12 heavy (non-hydrogen) atoms. The summed E-state index contributed by atoms with van der Waals surface area (Å²) in [5.74, 6) is 1.11. The summed E-state index contributed by atoms with van der Waals surface area (Å²) >= 11 is 0. The summed E-state index contributed by atoms with van der Waals surface area (Å²) in [4.78, 5) is 0. The summed E-state index contributed by atoms with van der Waals surface area (Å²) in [5, 5.41) is 9.44. The van der Waals surface area contributed by atoms with Crippen LogP contribution in [0.5, 0.6) is 11.5 Å². The molecule has 0 aliphatic heterocycles. The molecule has 66 valence electrons. The minimum Gasteiger partial charge on any atom is -0.508 e. The van der Waals surface area contributed by atoms with Crippen molar-refractivity contribution in [1.29, 1.82) is 0 Å². The Balaban J connectivity index is 3.00. The van der Waals surface area contributed by atoms with Gasteiger partial charge in [-0.2, -0.15) is 0 Å². The zero-order valence-corrected chi connectivity index (χ0v) is 7.50. The van der Waals surface area contributed by atoms with E-state index in [2.05, 4.69) is 0 Å². The van der Waals surface area contributed by atoms with Gasteiger partial charge in [0.05, 0.1) is 6.61 Å². The van der Waals surface area contributed by atoms with Crippen LogP contribution < -0.4 is 4.74 Å². The molecule has 0 amide bonds. The molecular formula is C10H14O2. The molecule has 1 rings (SSSR count). The summed E-state index contributed by atoms with van der Waals surface area (Å²) in [7, 11) is 0. The molecule has 0 aromatic heterocycles. The van der Waals surface area contributed by atoms with Crippen LogP contribution in [0.3, 0.4) is 0 Å². The molecule has 0 unspecified atom stereocenters. The van der Waals surface area contributed by atoms with Crippen LogP contribution in [0.25, 0.3) is 0 Å². The quantitative estimate of drug-likeness (QED) is 0.746. The molecule has 0 saturated heterocycles. The van der Waals surface area contributed by atoms with Crippen LogP contribution in [0.15, 0.2) is 18.2 Å². The summed E-state index contributed by atoms with van der Waals surface area (Å²) in [6.07, 6.45) is 0.794. The van der Waals surface area contributed by atoms with E-state index in [0.717, 1.165) is 17.7 Å². The van der Waals surface area contributed by atoms with Gasteiger partial charge in [0.15, 0.2) is 0 Å². The van der Waals surface area contributed by atoms with Gasteiger partial charge in [0, 0.05) is 5.56 Å². The van der Waals surface area contributed by atoms with Crippen molar-refractivity contribution in [3.05, 3.63) is 23.8 Å². The van der Waals surface area contributed by atoms with Crippen molar-refractivity contribution < 1.29 is 9.84 Å². The predicted octanol–water partition coefficient (Wildman–Crippen LogP) is 2.35. The third-order valence-corrected chi connectivity index (χ3v) is 1.76. The van der Waals surface area contributed by atoms with Crippen LogP contribution in [0.1, 0.15) is 19.4 Å². The largest absolute Gasteiger partial charge is 0.508 e. The van der Waals surface area contributed by atoms with E-state index in [4.69, 9.17) is 4.74 Å². The molecule has 0 aliphatic carbocycles. The number of phenols is 1. The minimum atomic E-state index is 0.323. The molecular weight excluding hydrogens is 152 g/mol. The highest BCUT2D eigenvalue weighted by Crippen LogP contribution is 2.27. The second kappa shape index (κ2) is 4.00. The topological polar surface area (TPSA) is 29.5 Å². The number of phenolic OH excluding ortho intramolecular Hbond substituents is 1. The van der Waals surface area contributed by atoms with Crippen molar-refractivity contribution in [2.24, 2.45) is 0 Å². The van der Waals surface area contributed by atoms with Gasteiger partial charge in [-0.25, -0.2) is 0 Å². The fraction of sp³-hybridized carbons (Fsp3) is 0.400. The first-order valence-electron chi connectivity index (χ1n) is 4.23. The summed E-state index contributed by atoms with van der Waals surface area (Å²) < 4.78 is 5.35. The molecule has 1 N–H and O–H groups in total. The lowest BCUT2D eigenvalue weighted by molar-refractivity contribution is 0.333. The van der Waals surface area contributed by atoms with Crippen molar-refractivity contribution in [3.8, 4) is 11.5 Å². The van der Waals surface area contributed by atoms with Crippen molar-refractivity contribution in [2.75, 3.05) is 6.61 Å². The van der Waals surface area contributed by atoms with Crippen molar-refractivity contribution in [1.82, 2.24) is 0 Å². The van der Waals surface area contributed by atoms with Crippen LogP contribution in [0, 0.1) is 0 Å². The normalized spacial score (nSPS) is 9.83. The fourth-order valence-electron chi connectivity index (χ4n) is 1.20. The van der Waals surface area contributed by atoms with E-state index < -0.39 is 0 Å². The maximum atomic E-state index is 9.44. The smallest absolute Gasteiger partial charge is 0.126 e. The third-order valence-electron chi connectivity index (χ3n) is 1.76. The van der Waals surface area contributed by atoms with Gasteiger partial charge in [0.2, 0.25) is 0 Å². The fourth-order valence-corrected chi connectivity index (χ4v) is 1.20. The van der Waals surface area contributed by atoms with E-state index in [0.29, 0.717) is 12.4 Å². The molecule has 0 aliphatic rings. The molecule has 2 heteroatoms. The van der Waals surface area contributed by atoms with Gasteiger partial charge in [0.1, 0.15) is 11.5 Å². The van der Waals surface area contributed by atoms with Gasteiger partial charge < -0.3 is 9.84 Å². The van der Waals surface area contributed by atoms with E-state index in [9.17, 15) is 5.11 Å². The van der Waals surface area contributed by atoms with Gasteiger partial charge >= 0.3 is 0 Å². The minimum absolute atomic E-state index is 0.323. The highest BCUT2D eigenvalue weighted by Gasteiger charge is 2.04. The highest BCUT2D eigenvalue weighted by molar-refractivity contribution is 5.43. The molecule has 0 heterocycles. The van der Waals surface area contributed by atoms with Crippen molar-refractivity contribution >= 4 is 0 Å². The first-order chi connectivity index (χ1) is 5.79. The Morgan fingerprint density at radius 2 is 2.08 bits per heavy atom. The summed E-state index contributed by atoms with van der Waals surface area (Å²) in [6, 6.07) is 5.35. The van der Waals surface area contributed by atoms with Crippen LogP contribution in [-0.2, 0) is 6.42 Å². The van der Waals surface area contributed by atoms with Crippen molar-refractivity contribution in [2.45, 2.75) is 20.3 Å². The monoisotopic (exact) mass is 166 g/mol. The Morgan fingerprint density at radius 3 is 2.67 bits per heavy atom. The Kier molecular flexibility index (Phi) is 2.97. The second-order valence-corrected chi connectivity index (χ2v) is 2.54. The number of aromatic hydroxyl groups is 1. The molecule has 0 atom stereocenters. The SMILES string of the molecule is CCOc1cccc(O)c1CC. The number of hydrogen-bond donors (Lipinski definition) is 1.